The lowest BCUT2D eigenvalue weighted by atomic mass is 10.0. The molecule has 0 saturated carbocycles. The fraction of sp³-hybridized carbons (Fsp3) is 0.632. The van der Waals surface area contributed by atoms with Crippen LogP contribution in [0.3, 0.4) is 0 Å². The second kappa shape index (κ2) is 7.94. The number of nitrogens with zero attached hydrogens (tertiary/aromatic N) is 3. The third-order valence-electron chi connectivity index (χ3n) is 5.48. The second-order valence-corrected chi connectivity index (χ2v) is 7.67. The van der Waals surface area contributed by atoms with Crippen LogP contribution >= 0.6 is 11.6 Å². The first kappa shape index (κ1) is 18.5. The Labute approximate surface area is 155 Å². The number of aliphatic hydroxyl groups is 1. The highest BCUT2D eigenvalue weighted by atomic mass is 35.5. The third kappa shape index (κ3) is 4.46. The lowest BCUT2D eigenvalue weighted by molar-refractivity contribution is -0.129. The van der Waals surface area contributed by atoms with Gasteiger partial charge in [0.1, 0.15) is 0 Å². The van der Waals surface area contributed by atoms with Gasteiger partial charge in [-0.15, -0.1) is 0 Å². The number of anilines is 1. The van der Waals surface area contributed by atoms with Crippen molar-refractivity contribution in [3.8, 4) is 0 Å². The number of carbonyl (C=O) groups excluding carboxylic acids is 1. The van der Waals surface area contributed by atoms with E-state index in [1.54, 1.807) is 11.8 Å². The molecule has 2 heterocycles. The van der Waals surface area contributed by atoms with Crippen molar-refractivity contribution in [3.05, 3.63) is 28.8 Å². The molecule has 2 aliphatic rings. The van der Waals surface area contributed by atoms with Crippen LogP contribution in [0.2, 0.25) is 5.02 Å². The number of benzene rings is 1. The van der Waals surface area contributed by atoms with Gasteiger partial charge in [0.25, 0.3) is 0 Å². The third-order valence-corrected chi connectivity index (χ3v) is 5.89. The monoisotopic (exact) mass is 365 g/mol. The maximum absolute atomic E-state index is 11.6. The Bertz CT molecular complexity index is 617. The van der Waals surface area contributed by atoms with Crippen molar-refractivity contribution in [3.63, 3.8) is 0 Å². The smallest absolute Gasteiger partial charge is 0.219 e. The summed E-state index contributed by atoms with van der Waals surface area (Å²) in [6.07, 6.45) is 1.68. The van der Waals surface area contributed by atoms with E-state index in [1.807, 2.05) is 6.92 Å². The van der Waals surface area contributed by atoms with E-state index in [2.05, 4.69) is 28.0 Å². The van der Waals surface area contributed by atoms with E-state index < -0.39 is 6.10 Å². The topological polar surface area (TPSA) is 47.0 Å². The van der Waals surface area contributed by atoms with Gasteiger partial charge in [0.2, 0.25) is 5.91 Å². The molecule has 25 heavy (non-hydrogen) atoms. The van der Waals surface area contributed by atoms with Crippen LogP contribution in [0.15, 0.2) is 18.2 Å². The maximum Gasteiger partial charge on any atom is 0.219 e. The van der Waals surface area contributed by atoms with Crippen LogP contribution in [0.5, 0.6) is 0 Å². The van der Waals surface area contributed by atoms with Crippen molar-refractivity contribution in [2.24, 2.45) is 0 Å². The molecule has 5 nitrogen and oxygen atoms in total. The summed E-state index contributed by atoms with van der Waals surface area (Å²) in [6.45, 7) is 8.25. The molecule has 138 valence electrons. The highest BCUT2D eigenvalue weighted by molar-refractivity contribution is 6.31. The van der Waals surface area contributed by atoms with Crippen LogP contribution in [-0.4, -0.2) is 72.2 Å². The van der Waals surface area contributed by atoms with Crippen LogP contribution in [0.4, 0.5) is 5.69 Å². The van der Waals surface area contributed by atoms with Crippen LogP contribution in [-0.2, 0) is 4.79 Å². The molecule has 6 heteroatoms. The van der Waals surface area contributed by atoms with E-state index in [0.29, 0.717) is 25.7 Å². The quantitative estimate of drug-likeness (QED) is 0.872. The zero-order chi connectivity index (χ0) is 18.0. The largest absolute Gasteiger partial charge is 0.390 e. The molecule has 1 N–H and O–H groups in total. The Balaban J connectivity index is 1.58. The van der Waals surface area contributed by atoms with E-state index in [4.69, 9.17) is 11.6 Å². The van der Waals surface area contributed by atoms with E-state index >= 15 is 0 Å². The average molecular weight is 366 g/mol. The normalized spacial score (nSPS) is 23.6. The maximum atomic E-state index is 11.6. The Morgan fingerprint density at radius 2 is 1.88 bits per heavy atom. The van der Waals surface area contributed by atoms with Crippen LogP contribution in [0, 0.1) is 6.92 Å². The molecule has 0 radical (unpaired) electrons. The van der Waals surface area contributed by atoms with Gasteiger partial charge in [-0.25, -0.2) is 0 Å². The number of aliphatic hydroxyl groups excluding tert-OH is 1. The molecule has 0 spiro atoms. The number of hydrogen-bond acceptors (Lipinski definition) is 4. The first-order valence-electron chi connectivity index (χ1n) is 9.13. The first-order chi connectivity index (χ1) is 11.9. The Morgan fingerprint density at radius 1 is 1.16 bits per heavy atom. The minimum Gasteiger partial charge on any atom is -0.390 e. The van der Waals surface area contributed by atoms with Gasteiger partial charge >= 0.3 is 0 Å². The van der Waals surface area contributed by atoms with Crippen molar-refractivity contribution < 1.29 is 9.90 Å². The number of piperidine rings is 1. The van der Waals surface area contributed by atoms with Crippen LogP contribution < -0.4 is 4.90 Å². The molecular formula is C19H28ClN3O2. The van der Waals surface area contributed by atoms with Gasteiger partial charge < -0.3 is 14.9 Å². The molecule has 3 rings (SSSR count). The molecule has 0 aromatic heterocycles. The van der Waals surface area contributed by atoms with Crippen molar-refractivity contribution >= 4 is 23.2 Å². The summed E-state index contributed by atoms with van der Waals surface area (Å²) in [5.74, 6) is 0.0481. The van der Waals surface area contributed by atoms with Gasteiger partial charge in [-0.05, 0) is 37.5 Å². The van der Waals surface area contributed by atoms with E-state index in [0.717, 1.165) is 43.1 Å². The Hall–Kier alpha value is -1.30. The number of hydrogen-bond donors (Lipinski definition) is 1. The van der Waals surface area contributed by atoms with Crippen LogP contribution in [0.25, 0.3) is 0 Å². The summed E-state index contributed by atoms with van der Waals surface area (Å²) in [5, 5.41) is 11.1. The summed E-state index contributed by atoms with van der Waals surface area (Å²) in [7, 11) is 0. The molecular weight excluding hydrogens is 338 g/mol. The predicted molar refractivity (Wildman–Crippen MR) is 101 cm³/mol. The lowest BCUT2D eigenvalue weighted by Gasteiger charge is -2.39. The second-order valence-electron chi connectivity index (χ2n) is 7.27. The van der Waals surface area contributed by atoms with Gasteiger partial charge in [0.15, 0.2) is 0 Å². The molecule has 2 fully saturated rings. The number of aryl methyl sites for hydroxylation is 1. The van der Waals surface area contributed by atoms with Crippen molar-refractivity contribution in [2.75, 3.05) is 44.2 Å². The minimum absolute atomic E-state index is 0.0481. The van der Waals surface area contributed by atoms with Gasteiger partial charge in [0, 0.05) is 62.9 Å². The number of amides is 1. The molecule has 1 aromatic rings. The predicted octanol–water partition coefficient (Wildman–Crippen LogP) is 2.14. The molecule has 0 unspecified atom stereocenters. The van der Waals surface area contributed by atoms with Gasteiger partial charge in [-0.2, -0.15) is 0 Å². The highest BCUT2D eigenvalue weighted by Crippen LogP contribution is 2.27. The SMILES string of the molecule is CC(=O)N1CCN(C2CCN(c3ccc(C)c(Cl)c3)CC2)C[C@@H](O)C1. The van der Waals surface area contributed by atoms with Gasteiger partial charge in [0.05, 0.1) is 6.10 Å². The van der Waals surface area contributed by atoms with E-state index in [-0.39, 0.29) is 5.91 Å². The number of halogens is 1. The average Bonchev–Trinajstić information content (AvgIpc) is 2.79. The van der Waals surface area contributed by atoms with E-state index in [1.165, 1.54) is 5.69 Å². The summed E-state index contributed by atoms with van der Waals surface area (Å²) in [5.41, 5.74) is 2.29. The van der Waals surface area contributed by atoms with Crippen molar-refractivity contribution in [2.45, 2.75) is 38.8 Å². The molecule has 2 saturated heterocycles. The fourth-order valence-corrected chi connectivity index (χ4v) is 4.07. The van der Waals surface area contributed by atoms with Gasteiger partial charge in [-0.3, -0.25) is 9.69 Å². The minimum atomic E-state index is -0.458. The number of carbonyl (C=O) groups is 1. The summed E-state index contributed by atoms with van der Waals surface area (Å²) >= 11 is 6.26. The zero-order valence-electron chi connectivity index (χ0n) is 15.1. The molecule has 0 aliphatic carbocycles. The fourth-order valence-electron chi connectivity index (χ4n) is 3.90. The molecule has 0 bridgehead atoms. The lowest BCUT2D eigenvalue weighted by Crippen LogP contribution is -2.47. The zero-order valence-corrected chi connectivity index (χ0v) is 15.9. The molecule has 1 amide bonds. The molecule has 2 aliphatic heterocycles. The summed E-state index contributed by atoms with van der Waals surface area (Å²) < 4.78 is 0. The molecule has 1 aromatic carbocycles. The van der Waals surface area contributed by atoms with Crippen LogP contribution in [0.1, 0.15) is 25.3 Å². The number of β-amino-alcohol motifs (C(OH)–C–C–N with tert-alkyl or cyclic N) is 1. The highest BCUT2D eigenvalue weighted by Gasteiger charge is 2.29. The van der Waals surface area contributed by atoms with E-state index in [9.17, 15) is 9.90 Å². The van der Waals surface area contributed by atoms with Gasteiger partial charge in [-0.1, -0.05) is 17.7 Å². The summed E-state index contributed by atoms with van der Waals surface area (Å²) in [4.78, 5) is 18.1. The molecule has 1 atom stereocenters. The Morgan fingerprint density at radius 3 is 2.52 bits per heavy atom. The Kier molecular flexibility index (Phi) is 5.87. The van der Waals surface area contributed by atoms with Crippen molar-refractivity contribution in [1.29, 1.82) is 0 Å². The number of rotatable bonds is 2. The summed E-state index contributed by atoms with van der Waals surface area (Å²) in [6, 6.07) is 6.74. The first-order valence-corrected chi connectivity index (χ1v) is 9.50. The van der Waals surface area contributed by atoms with Crippen molar-refractivity contribution in [1.82, 2.24) is 9.80 Å². The standard InChI is InChI=1S/C19H28ClN3O2/c1-14-3-4-17(11-19(14)20)21-7-5-16(6-8-21)23-10-9-22(15(2)24)12-18(25)13-23/h3-4,11,16,18,25H,5-10,12-13H2,1-2H3/t18-/m0/s1.